The normalized spacial score (nSPS) is 18.5. The van der Waals surface area contributed by atoms with Crippen LogP contribution in [-0.2, 0) is 29.0 Å². The van der Waals surface area contributed by atoms with Crippen LogP contribution in [0.5, 0.6) is 5.75 Å². The van der Waals surface area contributed by atoms with Gasteiger partial charge in [-0.2, -0.15) is 0 Å². The van der Waals surface area contributed by atoms with E-state index < -0.39 is 33.3 Å². The van der Waals surface area contributed by atoms with Crippen LogP contribution in [-0.4, -0.2) is 82.6 Å². The first-order valence-electron chi connectivity index (χ1n) is 28.2. The third-order valence-electron chi connectivity index (χ3n) is 17.3. The topological polar surface area (TPSA) is 75.6 Å². The van der Waals surface area contributed by atoms with Crippen molar-refractivity contribution in [1.29, 1.82) is 0 Å². The summed E-state index contributed by atoms with van der Waals surface area (Å²) >= 11 is 0. The van der Waals surface area contributed by atoms with Gasteiger partial charge < -0.3 is 32.3 Å². The minimum absolute atomic E-state index is 0.00470. The molecule has 0 saturated heterocycles. The lowest BCUT2D eigenvalue weighted by Crippen LogP contribution is -2.48. The number of hydrogen-bond acceptors (Lipinski definition) is 7. The Labute approximate surface area is 462 Å². The number of rotatable bonds is 31. The average molecular weight is 1100 g/mol. The number of ether oxygens (including phenoxy) is 2. The molecular weight excluding hydrogens is 981 g/mol. The Hall–Kier alpha value is -1.91. The van der Waals surface area contributed by atoms with E-state index in [4.69, 9.17) is 27.2 Å². The molecule has 1 aromatic rings. The molecule has 0 heterocycles. The molecule has 0 amide bonds. The minimum Gasteiger partial charge on any atom is -0.497 e. The van der Waals surface area contributed by atoms with Crippen molar-refractivity contribution in [3.63, 3.8) is 0 Å². The van der Waals surface area contributed by atoms with Crippen LogP contribution >= 0.6 is 0 Å². The first-order chi connectivity index (χ1) is 33.7. The zero-order valence-electron chi connectivity index (χ0n) is 52.6. The van der Waals surface area contributed by atoms with E-state index in [0.29, 0.717) is 6.61 Å². The Kier molecular flexibility index (Phi) is 28.3. The molecule has 1 aromatic carbocycles. The fraction of sp³-hybridized carbons (Fsp3) is 0.714. The van der Waals surface area contributed by atoms with Gasteiger partial charge in [0.25, 0.3) is 0 Å². The van der Waals surface area contributed by atoms with Gasteiger partial charge in [0.15, 0.2) is 33.3 Å². The molecule has 0 unspecified atom stereocenters. The van der Waals surface area contributed by atoms with Crippen LogP contribution in [0.25, 0.3) is 0 Å². The summed E-state index contributed by atoms with van der Waals surface area (Å²) in [5, 5.41) is 9.62. The maximum absolute atomic E-state index is 9.42. The Balaban J connectivity index is 3.83. The average Bonchev–Trinajstić information content (AvgIpc) is 3.26. The molecule has 74 heavy (non-hydrogen) atoms. The third kappa shape index (κ3) is 22.8. The largest absolute Gasteiger partial charge is 0.497 e. The van der Waals surface area contributed by atoms with Crippen molar-refractivity contribution in [3.8, 4) is 5.75 Å². The number of aliphatic hydroxyl groups is 1. The number of methoxy groups -OCH3 is 1. The van der Waals surface area contributed by atoms with Crippen molar-refractivity contribution in [3.05, 3.63) is 103 Å². The summed E-state index contributed by atoms with van der Waals surface area (Å²) < 4.78 is 41.9. The van der Waals surface area contributed by atoms with E-state index in [0.717, 1.165) is 30.6 Å². The molecule has 11 heteroatoms. The van der Waals surface area contributed by atoms with Crippen molar-refractivity contribution >= 4 is 33.3 Å². The minimum atomic E-state index is -2.21. The number of allylic oxidation sites excluding steroid dienone is 5. The molecule has 0 saturated carbocycles. The molecule has 0 aliphatic heterocycles. The molecule has 0 aliphatic carbocycles. The fourth-order valence-corrected chi connectivity index (χ4v) is 13.5. The van der Waals surface area contributed by atoms with Gasteiger partial charge in [-0.05, 0) is 121 Å². The van der Waals surface area contributed by atoms with Crippen LogP contribution in [0.2, 0.25) is 72.5 Å². The third-order valence-corrected chi connectivity index (χ3v) is 35.3. The molecular formula is C63H116O7Si4. The van der Waals surface area contributed by atoms with Crippen molar-refractivity contribution < 1.29 is 32.3 Å². The zero-order chi connectivity index (χ0) is 57.3. The van der Waals surface area contributed by atoms with Gasteiger partial charge in [-0.3, -0.25) is 0 Å². The van der Waals surface area contributed by atoms with Crippen LogP contribution in [0.1, 0.15) is 143 Å². The van der Waals surface area contributed by atoms with Crippen LogP contribution in [0.15, 0.2) is 97.7 Å². The molecule has 0 aromatic heterocycles. The Bertz CT molecular complexity index is 1920. The van der Waals surface area contributed by atoms with Gasteiger partial charge in [0, 0.05) is 18.3 Å². The lowest BCUT2D eigenvalue weighted by atomic mass is 9.86. The van der Waals surface area contributed by atoms with Gasteiger partial charge in [0.1, 0.15) is 5.75 Å². The molecule has 426 valence electrons. The molecule has 0 fully saturated rings. The predicted octanol–water partition coefficient (Wildman–Crippen LogP) is 18.5. The molecule has 0 aliphatic rings. The summed E-state index contributed by atoms with van der Waals surface area (Å²) in [4.78, 5) is 0. The van der Waals surface area contributed by atoms with Crippen LogP contribution in [0, 0.1) is 29.6 Å². The van der Waals surface area contributed by atoms with Gasteiger partial charge in [0.2, 0.25) is 0 Å². The Morgan fingerprint density at radius 3 is 1.47 bits per heavy atom. The van der Waals surface area contributed by atoms with Crippen molar-refractivity contribution in [2.45, 2.75) is 247 Å². The first-order valence-corrected chi connectivity index (χ1v) is 39.9. The molecule has 0 radical (unpaired) electrons. The number of aliphatic hydroxyl groups excluding tert-OH is 1. The van der Waals surface area contributed by atoms with Gasteiger partial charge in [-0.15, -0.1) is 0 Å². The van der Waals surface area contributed by atoms with Crippen molar-refractivity contribution in [2.75, 3.05) is 13.7 Å². The SMILES string of the molecule is C=C/C=C\[C@H](C)[C@H](OCc1ccc(OC)cc1)[C@@H](C)[C@@H](CC/C=C\[C@H](C)[C@@H](O[Si](C)(C)C(C)(C)C)[C@@H](C)/C=C\[C@@H](C[C@H](O[Si](C)(C)C(C)(C)C)[C@H](C)/C=C/C=C\CO)O[Si](C)(C)C(C)(C)C)O[Si](C)(C)C(C)(C)C. The summed E-state index contributed by atoms with van der Waals surface area (Å²) in [6.45, 7) is 62.8. The Morgan fingerprint density at radius 2 is 0.986 bits per heavy atom. The predicted molar refractivity (Wildman–Crippen MR) is 333 cm³/mol. The second-order valence-electron chi connectivity index (χ2n) is 27.8. The highest BCUT2D eigenvalue weighted by atomic mass is 28.4. The first kappa shape index (κ1) is 70.1. The lowest BCUT2D eigenvalue weighted by molar-refractivity contribution is -0.0537. The van der Waals surface area contributed by atoms with Crippen LogP contribution in [0.3, 0.4) is 0 Å². The van der Waals surface area contributed by atoms with Crippen LogP contribution < -0.4 is 4.74 Å². The highest BCUT2D eigenvalue weighted by Crippen LogP contribution is 2.44. The van der Waals surface area contributed by atoms with E-state index in [1.165, 1.54) is 0 Å². The van der Waals surface area contributed by atoms with E-state index in [1.807, 2.05) is 36.4 Å². The van der Waals surface area contributed by atoms with Crippen molar-refractivity contribution in [2.24, 2.45) is 29.6 Å². The summed E-state index contributed by atoms with van der Waals surface area (Å²) in [6, 6.07) is 8.17. The fourth-order valence-electron chi connectivity index (χ4n) is 7.93. The zero-order valence-corrected chi connectivity index (χ0v) is 56.6. The smallest absolute Gasteiger partial charge is 0.192 e. The van der Waals surface area contributed by atoms with E-state index >= 15 is 0 Å². The summed E-state index contributed by atoms with van der Waals surface area (Å²) in [5.41, 5.74) is 1.12. The standard InChI is InChI=1S/C63H116O7Si4/c1-28-29-35-50(4)59(66-47-53-40-43-54(65-19)44-41-53)52(6)56(68-72(22,23)61(10,11)12)38-33-32-37-49(3)58(70-74(26,27)63(16,17)18)51(5)39-42-55(67-71(20,21)60(7,8)9)46-57(48(2)36-31-30-34-45-64)69-73(24,25)62(13,14)15/h28-32,34-37,39-44,48-52,55-59,64H,1,33,38,45-47H2,2-27H3/b34-30-,35-29-,36-31+,37-32-,42-39-/t48-,49+,50+,51+,52+,55+,56-,57+,58-,59+/m1/s1. The summed E-state index contributed by atoms with van der Waals surface area (Å²) in [7, 11) is -7.03. The lowest BCUT2D eigenvalue weighted by Gasteiger charge is -2.43. The van der Waals surface area contributed by atoms with E-state index in [9.17, 15) is 5.11 Å². The highest BCUT2D eigenvalue weighted by molar-refractivity contribution is 6.75. The van der Waals surface area contributed by atoms with Gasteiger partial charge in [-0.1, -0.05) is 203 Å². The molecule has 10 atom stereocenters. The summed E-state index contributed by atoms with van der Waals surface area (Å²) in [6.07, 6.45) is 25.8. The van der Waals surface area contributed by atoms with Gasteiger partial charge in [0.05, 0.1) is 50.8 Å². The molecule has 0 bridgehead atoms. The summed E-state index contributed by atoms with van der Waals surface area (Å²) in [5.74, 6) is 1.50. The quantitative estimate of drug-likeness (QED) is 0.0451. The van der Waals surface area contributed by atoms with Gasteiger partial charge >= 0.3 is 0 Å². The van der Waals surface area contributed by atoms with E-state index in [1.54, 1.807) is 13.2 Å². The maximum atomic E-state index is 9.42. The van der Waals surface area contributed by atoms with Crippen molar-refractivity contribution in [1.82, 2.24) is 0 Å². The second kappa shape index (κ2) is 29.9. The Morgan fingerprint density at radius 1 is 0.527 bits per heavy atom. The molecule has 1 N–H and O–H groups in total. The van der Waals surface area contributed by atoms with E-state index in [2.05, 4.69) is 225 Å². The molecule has 1 rings (SSSR count). The molecule has 0 spiro atoms. The number of benzene rings is 1. The highest BCUT2D eigenvalue weighted by Gasteiger charge is 2.45. The van der Waals surface area contributed by atoms with Crippen LogP contribution in [0.4, 0.5) is 0 Å². The number of hydrogen-bond donors (Lipinski definition) is 1. The monoisotopic (exact) mass is 1100 g/mol. The second-order valence-corrected chi connectivity index (χ2v) is 46.8. The van der Waals surface area contributed by atoms with E-state index in [-0.39, 0.29) is 86.9 Å². The molecule has 7 nitrogen and oxygen atoms in total. The van der Waals surface area contributed by atoms with Gasteiger partial charge in [-0.25, -0.2) is 0 Å². The maximum Gasteiger partial charge on any atom is 0.192 e.